The van der Waals surface area contributed by atoms with Crippen LogP contribution in [0.3, 0.4) is 0 Å². The van der Waals surface area contributed by atoms with Gasteiger partial charge in [0.1, 0.15) is 30.9 Å². The van der Waals surface area contributed by atoms with Gasteiger partial charge in [0.2, 0.25) is 0 Å². The first kappa shape index (κ1) is 35.8. The third-order valence-electron chi connectivity index (χ3n) is 6.29. The van der Waals surface area contributed by atoms with Crippen molar-refractivity contribution in [3.63, 3.8) is 0 Å². The van der Waals surface area contributed by atoms with Crippen molar-refractivity contribution in [2.24, 2.45) is 0 Å². The number of halogens is 1. The van der Waals surface area contributed by atoms with Gasteiger partial charge < -0.3 is 13.8 Å². The summed E-state index contributed by atoms with van der Waals surface area (Å²) in [6.45, 7) is 5.17. The number of fused-ring (bicyclic) bond motifs is 1. The summed E-state index contributed by atoms with van der Waals surface area (Å²) >= 11 is -1.12. The summed E-state index contributed by atoms with van der Waals surface area (Å²) in [4.78, 5) is 13.8. The number of esters is 1. The number of hydrogen-bond donors (Lipinski definition) is 0. The van der Waals surface area contributed by atoms with Gasteiger partial charge in [0, 0.05) is 0 Å². The van der Waals surface area contributed by atoms with Crippen molar-refractivity contribution in [3.8, 4) is 12.5 Å². The largest absolute Gasteiger partial charge is 0.612 e. The molecule has 0 saturated heterocycles. The number of benzene rings is 2. The van der Waals surface area contributed by atoms with E-state index in [4.69, 9.17) is 29.3 Å². The van der Waals surface area contributed by atoms with Gasteiger partial charge in [-0.2, -0.15) is 0 Å². The second kappa shape index (κ2) is 16.0. The molecule has 44 heavy (non-hydrogen) atoms. The lowest BCUT2D eigenvalue weighted by Gasteiger charge is -2.24. The number of carbonyl (C=O) groups excluding carboxylic acids is 1. The zero-order valence-electron chi connectivity index (χ0n) is 25.1. The smallest absolute Gasteiger partial charge is 0.475 e. The van der Waals surface area contributed by atoms with Crippen LogP contribution in [0.15, 0.2) is 52.9 Å². The highest BCUT2D eigenvalue weighted by Gasteiger charge is 2.33. The minimum atomic E-state index is -4.09. The fourth-order valence-electron chi connectivity index (χ4n) is 4.33. The van der Waals surface area contributed by atoms with E-state index in [2.05, 4.69) is 4.52 Å². The predicted molar refractivity (Wildman–Crippen MR) is 166 cm³/mol. The van der Waals surface area contributed by atoms with Gasteiger partial charge >= 0.3 is 21.4 Å². The average molecular weight is 669 g/mol. The molecule has 0 amide bonds. The van der Waals surface area contributed by atoms with Gasteiger partial charge in [-0.25, -0.2) is 13.5 Å². The maximum absolute atomic E-state index is 14.3. The van der Waals surface area contributed by atoms with Gasteiger partial charge in [-0.1, -0.05) is 12.5 Å². The molecule has 238 valence electrons. The molecule has 0 aromatic heterocycles. The molecule has 2 aromatic rings. The molecule has 0 saturated carbocycles. The highest BCUT2D eigenvalue weighted by atomic mass is 32.2. The number of ether oxygens (including phenoxy) is 1. The first-order valence-electron chi connectivity index (χ1n) is 13.6. The number of hydrogen-bond acceptors (Lipinski definition) is 10. The fraction of sp³-hybridized carbons (Fsp3) is 0.367. The Balaban J connectivity index is 1.83. The average Bonchev–Trinajstić information content (AvgIpc) is 3.20. The SMILES string of the molecule is C#COP(C)(=O)OCC(COC(=O)CC1=C(C)/C(=C/c2ccc([S+](C)[O-])cc2)c2ccc(F)cc21)OP(=O)(OCC)OCC. The van der Waals surface area contributed by atoms with Gasteiger partial charge in [-0.3, -0.25) is 22.9 Å². The summed E-state index contributed by atoms with van der Waals surface area (Å²) in [7, 11) is -7.79. The Morgan fingerprint density at radius 2 is 1.73 bits per heavy atom. The van der Waals surface area contributed by atoms with Crippen LogP contribution in [0.25, 0.3) is 17.2 Å². The van der Waals surface area contributed by atoms with E-state index in [1.807, 2.05) is 25.1 Å². The highest BCUT2D eigenvalue weighted by molar-refractivity contribution is 7.90. The molecule has 0 spiro atoms. The molecule has 3 rings (SSSR count). The van der Waals surface area contributed by atoms with E-state index in [1.165, 1.54) is 12.1 Å². The summed E-state index contributed by atoms with van der Waals surface area (Å²) < 4.78 is 82.6. The van der Waals surface area contributed by atoms with Crippen molar-refractivity contribution in [2.75, 3.05) is 39.3 Å². The number of rotatable bonds is 16. The molecule has 10 nitrogen and oxygen atoms in total. The number of carbonyl (C=O) groups is 1. The minimum Gasteiger partial charge on any atom is -0.612 e. The van der Waals surface area contributed by atoms with Crippen LogP contribution in [-0.4, -0.2) is 56.0 Å². The second-order valence-corrected chi connectivity index (χ2v) is 14.5. The van der Waals surface area contributed by atoms with E-state index >= 15 is 0 Å². The fourth-order valence-corrected chi connectivity index (χ4v) is 6.85. The van der Waals surface area contributed by atoms with Gasteiger partial charge in [-0.05, 0) is 108 Å². The topological polar surface area (TPSA) is 130 Å². The summed E-state index contributed by atoms with van der Waals surface area (Å²) in [5.74, 6) is -1.16. The van der Waals surface area contributed by atoms with Crippen molar-refractivity contribution in [2.45, 2.75) is 38.2 Å². The first-order valence-corrected chi connectivity index (χ1v) is 18.6. The molecule has 0 heterocycles. The Bertz CT molecular complexity index is 1520. The van der Waals surface area contributed by atoms with E-state index in [-0.39, 0.29) is 19.6 Å². The molecule has 0 bridgehead atoms. The van der Waals surface area contributed by atoms with E-state index in [0.29, 0.717) is 16.0 Å². The molecular weight excluding hydrogens is 633 g/mol. The molecule has 3 unspecified atom stereocenters. The summed E-state index contributed by atoms with van der Waals surface area (Å²) in [5.41, 5.74) is 4.23. The molecule has 14 heteroatoms. The lowest BCUT2D eigenvalue weighted by atomic mass is 10.0. The van der Waals surface area contributed by atoms with E-state index in [1.54, 1.807) is 44.4 Å². The highest BCUT2D eigenvalue weighted by Crippen LogP contribution is 2.51. The molecule has 0 N–H and O–H groups in total. The van der Waals surface area contributed by atoms with Gasteiger partial charge in [0.05, 0.1) is 32.9 Å². The van der Waals surface area contributed by atoms with Crippen molar-refractivity contribution < 1.29 is 50.2 Å². The van der Waals surface area contributed by atoms with Crippen LogP contribution in [0.5, 0.6) is 0 Å². The zero-order valence-corrected chi connectivity index (χ0v) is 27.7. The molecule has 2 aromatic carbocycles. The van der Waals surface area contributed by atoms with Crippen LogP contribution in [0.4, 0.5) is 4.39 Å². The normalized spacial score (nSPS) is 16.6. The molecular formula is C30H35FO10P2S. The van der Waals surface area contributed by atoms with Gasteiger partial charge in [-0.15, -0.1) is 0 Å². The minimum absolute atomic E-state index is 0.00136. The molecule has 1 aliphatic rings. The molecule has 0 aliphatic heterocycles. The van der Waals surface area contributed by atoms with E-state index in [9.17, 15) is 22.9 Å². The van der Waals surface area contributed by atoms with Crippen molar-refractivity contribution in [1.29, 1.82) is 0 Å². The monoisotopic (exact) mass is 668 g/mol. The standard InChI is InChI=1S/C30H35FO10P2S/c1-7-37-42(5,33)40-20-24(41-43(34,38-8-2)39-9-3)19-36-30(32)18-28-21(4)27(26-15-12-23(31)17-29(26)28)16-22-10-13-25(14-11-22)44(6)35/h1,10-17,24H,8-9,18-20H2,2-6H3/b27-16-. The summed E-state index contributed by atoms with van der Waals surface area (Å²) in [5, 5.41) is 0. The van der Waals surface area contributed by atoms with Gasteiger partial charge in [0.25, 0.3) is 0 Å². The number of phosphoric ester groups is 1. The Hall–Kier alpha value is -2.71. The number of terminal acetylenes is 1. The Labute approximate surface area is 260 Å². The second-order valence-electron chi connectivity index (χ2n) is 9.52. The number of phosphoric acid groups is 1. The van der Waals surface area contributed by atoms with Crippen LogP contribution < -0.4 is 0 Å². The Kier molecular flexibility index (Phi) is 13.0. The van der Waals surface area contributed by atoms with Crippen LogP contribution in [-0.2, 0) is 52.5 Å². The number of allylic oxidation sites excluding steroid dienone is 2. The van der Waals surface area contributed by atoms with Crippen LogP contribution in [0.1, 0.15) is 43.9 Å². The Morgan fingerprint density at radius 3 is 2.32 bits per heavy atom. The van der Waals surface area contributed by atoms with Crippen LogP contribution in [0.2, 0.25) is 0 Å². The van der Waals surface area contributed by atoms with E-state index in [0.717, 1.165) is 28.9 Å². The quantitative estimate of drug-likeness (QED) is 0.0812. The zero-order chi connectivity index (χ0) is 32.5. The van der Waals surface area contributed by atoms with Crippen molar-refractivity contribution >= 4 is 49.8 Å². The third-order valence-corrected chi connectivity index (χ3v) is 9.99. The first-order chi connectivity index (χ1) is 20.8. The molecule has 0 fully saturated rings. The molecule has 0 radical (unpaired) electrons. The van der Waals surface area contributed by atoms with Crippen LogP contribution in [0, 0.1) is 18.3 Å². The predicted octanol–water partition coefficient (Wildman–Crippen LogP) is 6.84. The van der Waals surface area contributed by atoms with E-state index < -0.39 is 57.7 Å². The summed E-state index contributed by atoms with van der Waals surface area (Å²) in [6.07, 6.45) is 8.89. The van der Waals surface area contributed by atoms with Crippen LogP contribution >= 0.6 is 15.4 Å². The maximum atomic E-state index is 14.3. The lowest BCUT2D eigenvalue weighted by molar-refractivity contribution is -0.145. The maximum Gasteiger partial charge on any atom is 0.475 e. The van der Waals surface area contributed by atoms with Crippen molar-refractivity contribution in [1.82, 2.24) is 0 Å². The molecule has 1 aliphatic carbocycles. The van der Waals surface area contributed by atoms with Crippen molar-refractivity contribution in [3.05, 3.63) is 70.5 Å². The molecule has 3 atom stereocenters. The lowest BCUT2D eigenvalue weighted by Crippen LogP contribution is -2.27. The van der Waals surface area contributed by atoms with Gasteiger partial charge in [0.15, 0.2) is 4.90 Å². The third kappa shape index (κ3) is 9.90. The Morgan fingerprint density at radius 1 is 1.07 bits per heavy atom. The summed E-state index contributed by atoms with van der Waals surface area (Å²) in [6, 6.07) is 11.6.